The Hall–Kier alpha value is -1.77. The number of benzene rings is 1. The van der Waals surface area contributed by atoms with E-state index < -0.39 is 0 Å². The molecule has 0 saturated heterocycles. The van der Waals surface area contributed by atoms with Gasteiger partial charge in [0.05, 0.1) is 0 Å². The zero-order valence-electron chi connectivity index (χ0n) is 15.9. The third-order valence-electron chi connectivity index (χ3n) is 7.04. The van der Waals surface area contributed by atoms with Crippen molar-refractivity contribution in [2.24, 2.45) is 34.1 Å². The average molecular weight is 343 g/mol. The van der Waals surface area contributed by atoms with Gasteiger partial charge in [0.25, 0.3) is 0 Å². The van der Waals surface area contributed by atoms with E-state index in [1.165, 1.54) is 18.9 Å². The van der Waals surface area contributed by atoms with Gasteiger partial charge in [0.2, 0.25) is 0 Å². The summed E-state index contributed by atoms with van der Waals surface area (Å²) in [7, 11) is 0. The first-order chi connectivity index (χ1) is 11.7. The lowest BCUT2D eigenvalue weighted by Gasteiger charge is -2.45. The maximum absolute atomic E-state index is 14.1. The van der Waals surface area contributed by atoms with Crippen LogP contribution < -0.4 is 11.5 Å². The second kappa shape index (κ2) is 6.19. The SMILES string of the molecule is CCC1(CC2CC2)C(N)=C(/C=C(\N)c2ccccc2F)C(C)C1(C)C. The molecule has 1 saturated carbocycles. The Morgan fingerprint density at radius 2 is 1.92 bits per heavy atom. The molecule has 2 aliphatic rings. The predicted octanol–water partition coefficient (Wildman–Crippen LogP) is 5.21. The lowest BCUT2D eigenvalue weighted by atomic mass is 9.59. The van der Waals surface area contributed by atoms with Crippen molar-refractivity contribution in [1.29, 1.82) is 0 Å². The van der Waals surface area contributed by atoms with Crippen LogP contribution in [0.4, 0.5) is 4.39 Å². The molecule has 0 aromatic heterocycles. The van der Waals surface area contributed by atoms with E-state index in [2.05, 4.69) is 27.7 Å². The number of halogens is 1. The van der Waals surface area contributed by atoms with Crippen LogP contribution in [0.15, 0.2) is 41.6 Å². The lowest BCUT2D eigenvalue weighted by molar-refractivity contribution is 0.0704. The molecule has 2 atom stereocenters. The summed E-state index contributed by atoms with van der Waals surface area (Å²) in [5, 5.41) is 0. The number of nitrogens with two attached hydrogens (primary N) is 2. The molecule has 0 amide bonds. The summed E-state index contributed by atoms with van der Waals surface area (Å²) in [6, 6.07) is 6.65. The lowest BCUT2D eigenvalue weighted by Crippen LogP contribution is -2.40. The minimum Gasteiger partial charge on any atom is -0.401 e. The van der Waals surface area contributed by atoms with Crippen molar-refractivity contribution in [2.45, 2.75) is 53.4 Å². The molecule has 2 aliphatic carbocycles. The van der Waals surface area contributed by atoms with Crippen LogP contribution in [0.25, 0.3) is 5.70 Å². The molecule has 2 unspecified atom stereocenters. The summed E-state index contributed by atoms with van der Waals surface area (Å²) in [6.07, 6.45) is 6.75. The van der Waals surface area contributed by atoms with Gasteiger partial charge in [-0.15, -0.1) is 0 Å². The van der Waals surface area contributed by atoms with Crippen molar-refractivity contribution in [3.8, 4) is 0 Å². The van der Waals surface area contributed by atoms with Gasteiger partial charge in [-0.25, -0.2) is 4.39 Å². The number of hydrogen-bond acceptors (Lipinski definition) is 2. The Labute approximate surface area is 151 Å². The Bertz CT molecular complexity index is 727. The van der Waals surface area contributed by atoms with E-state index in [4.69, 9.17) is 11.5 Å². The van der Waals surface area contributed by atoms with Gasteiger partial charge in [0.15, 0.2) is 0 Å². The summed E-state index contributed by atoms with van der Waals surface area (Å²) >= 11 is 0. The first-order valence-electron chi connectivity index (χ1n) is 9.46. The Balaban J connectivity index is 2.06. The third kappa shape index (κ3) is 2.78. The van der Waals surface area contributed by atoms with Crippen molar-refractivity contribution < 1.29 is 4.39 Å². The fourth-order valence-corrected chi connectivity index (χ4v) is 4.78. The first kappa shape index (κ1) is 18.0. The molecule has 0 bridgehead atoms. The largest absolute Gasteiger partial charge is 0.401 e. The van der Waals surface area contributed by atoms with Gasteiger partial charge in [0, 0.05) is 22.4 Å². The summed E-state index contributed by atoms with van der Waals surface area (Å²) < 4.78 is 14.1. The molecule has 3 rings (SSSR count). The molecule has 1 fully saturated rings. The quantitative estimate of drug-likeness (QED) is 0.771. The summed E-state index contributed by atoms with van der Waals surface area (Å²) in [5.74, 6) is 0.800. The van der Waals surface area contributed by atoms with Crippen molar-refractivity contribution in [2.75, 3.05) is 0 Å². The van der Waals surface area contributed by atoms with Crippen LogP contribution in [0.5, 0.6) is 0 Å². The smallest absolute Gasteiger partial charge is 0.132 e. The van der Waals surface area contributed by atoms with Gasteiger partial charge in [-0.1, -0.05) is 52.7 Å². The van der Waals surface area contributed by atoms with Gasteiger partial charge in [-0.05, 0) is 53.9 Å². The topological polar surface area (TPSA) is 52.0 Å². The maximum Gasteiger partial charge on any atom is 0.132 e. The molecule has 1 aromatic carbocycles. The van der Waals surface area contributed by atoms with Gasteiger partial charge >= 0.3 is 0 Å². The second-order valence-electron chi connectivity index (χ2n) is 8.48. The Kier molecular flexibility index (Phi) is 4.47. The highest BCUT2D eigenvalue weighted by Gasteiger charge is 2.56. The van der Waals surface area contributed by atoms with E-state index >= 15 is 0 Å². The Morgan fingerprint density at radius 1 is 1.28 bits per heavy atom. The van der Waals surface area contributed by atoms with Crippen LogP contribution in [0.2, 0.25) is 0 Å². The van der Waals surface area contributed by atoms with E-state index in [1.54, 1.807) is 12.1 Å². The van der Waals surface area contributed by atoms with Crippen LogP contribution in [-0.4, -0.2) is 0 Å². The van der Waals surface area contributed by atoms with Crippen LogP contribution in [0, 0.1) is 28.5 Å². The van der Waals surface area contributed by atoms with E-state index in [-0.39, 0.29) is 22.6 Å². The summed E-state index contributed by atoms with van der Waals surface area (Å²) in [6.45, 7) is 9.14. The molecule has 0 radical (unpaired) electrons. The normalized spacial score (nSPS) is 29.3. The van der Waals surface area contributed by atoms with Gasteiger partial charge in [0.1, 0.15) is 5.82 Å². The predicted molar refractivity (Wildman–Crippen MR) is 103 cm³/mol. The molecule has 2 nitrogen and oxygen atoms in total. The molecular formula is C22H31FN2. The third-order valence-corrected chi connectivity index (χ3v) is 7.04. The van der Waals surface area contributed by atoms with Crippen LogP contribution >= 0.6 is 0 Å². The molecule has 25 heavy (non-hydrogen) atoms. The van der Waals surface area contributed by atoms with Crippen LogP contribution in [-0.2, 0) is 0 Å². The molecule has 1 aromatic rings. The minimum atomic E-state index is -0.292. The van der Waals surface area contributed by atoms with Crippen molar-refractivity contribution in [3.63, 3.8) is 0 Å². The molecule has 136 valence electrons. The van der Waals surface area contributed by atoms with Crippen LogP contribution in [0.3, 0.4) is 0 Å². The van der Waals surface area contributed by atoms with E-state index in [1.807, 2.05) is 12.1 Å². The fourth-order valence-electron chi connectivity index (χ4n) is 4.78. The summed E-state index contributed by atoms with van der Waals surface area (Å²) in [4.78, 5) is 0. The number of rotatable bonds is 5. The molecule has 0 spiro atoms. The molecule has 0 heterocycles. The number of allylic oxidation sites excluding steroid dienone is 3. The average Bonchev–Trinajstić information content (AvgIpc) is 3.38. The standard InChI is InChI=1S/C22H31FN2/c1-5-22(13-15-10-11-15)20(25)17(14(2)21(22,3)4)12-19(24)16-8-6-7-9-18(16)23/h6-9,12,14-15H,5,10-11,13,24-25H2,1-4H3/b19-12-. The van der Waals surface area contributed by atoms with Gasteiger partial charge < -0.3 is 11.5 Å². The zero-order chi connectivity index (χ0) is 18.4. The first-order valence-corrected chi connectivity index (χ1v) is 9.46. The van der Waals surface area contributed by atoms with Crippen LogP contribution in [0.1, 0.15) is 58.9 Å². The molecule has 0 aliphatic heterocycles. The second-order valence-corrected chi connectivity index (χ2v) is 8.48. The monoisotopic (exact) mass is 342 g/mol. The van der Waals surface area contributed by atoms with E-state index in [0.29, 0.717) is 11.3 Å². The fraction of sp³-hybridized carbons (Fsp3) is 0.545. The van der Waals surface area contributed by atoms with Gasteiger partial charge in [-0.3, -0.25) is 0 Å². The highest BCUT2D eigenvalue weighted by molar-refractivity contribution is 5.67. The van der Waals surface area contributed by atoms with Crippen molar-refractivity contribution in [3.05, 3.63) is 53.0 Å². The van der Waals surface area contributed by atoms with Crippen molar-refractivity contribution >= 4 is 5.70 Å². The molecule has 4 N–H and O–H groups in total. The van der Waals surface area contributed by atoms with E-state index in [9.17, 15) is 4.39 Å². The summed E-state index contributed by atoms with van der Waals surface area (Å²) in [5.41, 5.74) is 16.1. The highest BCUT2D eigenvalue weighted by atomic mass is 19.1. The highest BCUT2D eigenvalue weighted by Crippen LogP contribution is 2.63. The van der Waals surface area contributed by atoms with E-state index in [0.717, 1.165) is 30.0 Å². The minimum absolute atomic E-state index is 0.00886. The van der Waals surface area contributed by atoms with Crippen molar-refractivity contribution in [1.82, 2.24) is 0 Å². The van der Waals surface area contributed by atoms with Gasteiger partial charge in [-0.2, -0.15) is 0 Å². The molecular weight excluding hydrogens is 311 g/mol. The zero-order valence-corrected chi connectivity index (χ0v) is 15.9. The number of hydrogen-bond donors (Lipinski definition) is 2. The maximum atomic E-state index is 14.1. The molecule has 3 heteroatoms. The Morgan fingerprint density at radius 3 is 2.48 bits per heavy atom.